The van der Waals surface area contributed by atoms with E-state index in [2.05, 4.69) is 23.2 Å². The van der Waals surface area contributed by atoms with Gasteiger partial charge in [0.1, 0.15) is 0 Å². The number of allylic oxidation sites excluding steroid dienone is 1. The van der Waals surface area contributed by atoms with Crippen LogP contribution in [0.15, 0.2) is 29.8 Å². The third-order valence-corrected chi connectivity index (χ3v) is 2.62. The van der Waals surface area contributed by atoms with E-state index in [1.807, 2.05) is 24.6 Å². The standard InChI is InChI=1S/C10H9NS/c1-2-4-8-5-3-6-9-10(8)12-7-11-9/h2-7H,1H3/b4-2+. The van der Waals surface area contributed by atoms with Crippen molar-refractivity contribution in [3.05, 3.63) is 35.3 Å². The van der Waals surface area contributed by atoms with Gasteiger partial charge in [-0.15, -0.1) is 11.3 Å². The second kappa shape index (κ2) is 3.07. The fourth-order valence-corrected chi connectivity index (χ4v) is 2.00. The molecule has 0 aliphatic heterocycles. The molecule has 0 spiro atoms. The smallest absolute Gasteiger partial charge is 0.0818 e. The molecule has 12 heavy (non-hydrogen) atoms. The first-order chi connectivity index (χ1) is 5.92. The lowest BCUT2D eigenvalue weighted by molar-refractivity contribution is 1.50. The van der Waals surface area contributed by atoms with Gasteiger partial charge in [-0.25, -0.2) is 4.98 Å². The van der Waals surface area contributed by atoms with Gasteiger partial charge in [0, 0.05) is 0 Å². The molecule has 1 heterocycles. The molecule has 0 aliphatic carbocycles. The summed E-state index contributed by atoms with van der Waals surface area (Å²) in [6.07, 6.45) is 4.16. The number of fused-ring (bicyclic) bond motifs is 1. The first kappa shape index (κ1) is 7.50. The molecule has 60 valence electrons. The minimum atomic E-state index is 1.09. The normalized spacial score (nSPS) is 11.4. The van der Waals surface area contributed by atoms with Crippen molar-refractivity contribution in [3.63, 3.8) is 0 Å². The van der Waals surface area contributed by atoms with Crippen molar-refractivity contribution >= 4 is 27.6 Å². The molecule has 0 unspecified atom stereocenters. The van der Waals surface area contributed by atoms with Crippen LogP contribution in [-0.2, 0) is 0 Å². The first-order valence-electron chi connectivity index (χ1n) is 3.87. The molecule has 2 heteroatoms. The van der Waals surface area contributed by atoms with Crippen molar-refractivity contribution < 1.29 is 0 Å². The Balaban J connectivity index is 2.73. The molecule has 1 nitrogen and oxygen atoms in total. The van der Waals surface area contributed by atoms with Crippen molar-refractivity contribution in [1.29, 1.82) is 0 Å². The van der Waals surface area contributed by atoms with E-state index >= 15 is 0 Å². The van der Waals surface area contributed by atoms with Crippen LogP contribution < -0.4 is 0 Å². The fourth-order valence-electron chi connectivity index (χ4n) is 1.22. The number of hydrogen-bond acceptors (Lipinski definition) is 2. The van der Waals surface area contributed by atoms with Gasteiger partial charge in [-0.1, -0.05) is 24.3 Å². The van der Waals surface area contributed by atoms with Gasteiger partial charge in [0.2, 0.25) is 0 Å². The van der Waals surface area contributed by atoms with E-state index in [0.29, 0.717) is 0 Å². The molecule has 1 aromatic heterocycles. The maximum atomic E-state index is 4.25. The predicted molar refractivity (Wildman–Crippen MR) is 54.3 cm³/mol. The van der Waals surface area contributed by atoms with Crippen molar-refractivity contribution in [2.24, 2.45) is 0 Å². The minimum Gasteiger partial charge on any atom is -0.245 e. The van der Waals surface area contributed by atoms with Crippen LogP contribution in [0.25, 0.3) is 16.3 Å². The zero-order valence-electron chi connectivity index (χ0n) is 6.82. The Bertz CT molecular complexity index is 414. The number of hydrogen-bond donors (Lipinski definition) is 0. The van der Waals surface area contributed by atoms with Crippen LogP contribution in [0.1, 0.15) is 12.5 Å². The van der Waals surface area contributed by atoms with Crippen molar-refractivity contribution in [3.8, 4) is 0 Å². The summed E-state index contributed by atoms with van der Waals surface area (Å²) in [5.41, 5.74) is 4.24. The fraction of sp³-hybridized carbons (Fsp3) is 0.100. The van der Waals surface area contributed by atoms with Gasteiger partial charge < -0.3 is 0 Å². The van der Waals surface area contributed by atoms with E-state index in [0.717, 1.165) is 5.52 Å². The van der Waals surface area contributed by atoms with Crippen LogP contribution in [-0.4, -0.2) is 4.98 Å². The van der Waals surface area contributed by atoms with Gasteiger partial charge in [-0.05, 0) is 18.6 Å². The maximum Gasteiger partial charge on any atom is 0.0818 e. The summed E-state index contributed by atoms with van der Waals surface area (Å²) >= 11 is 1.69. The van der Waals surface area contributed by atoms with Gasteiger partial charge in [0.15, 0.2) is 0 Å². The first-order valence-corrected chi connectivity index (χ1v) is 4.74. The minimum absolute atomic E-state index is 1.09. The number of aromatic nitrogens is 1. The highest BCUT2D eigenvalue weighted by Crippen LogP contribution is 2.22. The highest BCUT2D eigenvalue weighted by molar-refractivity contribution is 7.17. The molecule has 0 atom stereocenters. The second-order valence-corrected chi connectivity index (χ2v) is 3.40. The third kappa shape index (κ3) is 1.14. The molecule has 1 aromatic carbocycles. The Morgan fingerprint density at radius 3 is 3.17 bits per heavy atom. The van der Waals surface area contributed by atoms with Crippen molar-refractivity contribution in [2.45, 2.75) is 6.92 Å². The van der Waals surface area contributed by atoms with Crippen molar-refractivity contribution in [2.75, 3.05) is 0 Å². The largest absolute Gasteiger partial charge is 0.245 e. The Labute approximate surface area is 75.4 Å². The van der Waals surface area contributed by atoms with Crippen LogP contribution in [0, 0.1) is 0 Å². The zero-order valence-corrected chi connectivity index (χ0v) is 7.64. The molecule has 0 aliphatic rings. The summed E-state index contributed by atoms with van der Waals surface area (Å²) in [7, 11) is 0. The molecule has 0 radical (unpaired) electrons. The van der Waals surface area contributed by atoms with Crippen LogP contribution in [0.5, 0.6) is 0 Å². The van der Waals surface area contributed by atoms with Crippen molar-refractivity contribution in [1.82, 2.24) is 4.98 Å². The lowest BCUT2D eigenvalue weighted by Crippen LogP contribution is -1.71. The van der Waals surface area contributed by atoms with Gasteiger partial charge in [-0.3, -0.25) is 0 Å². The second-order valence-electron chi connectivity index (χ2n) is 2.55. The van der Waals surface area contributed by atoms with E-state index < -0.39 is 0 Å². The van der Waals surface area contributed by atoms with E-state index in [4.69, 9.17) is 0 Å². The van der Waals surface area contributed by atoms with Crippen LogP contribution in [0.3, 0.4) is 0 Å². The Kier molecular flexibility index (Phi) is 1.92. The molecule has 0 fully saturated rings. The molecule has 0 amide bonds. The quantitative estimate of drug-likeness (QED) is 0.647. The molecular weight excluding hydrogens is 166 g/mol. The van der Waals surface area contributed by atoms with E-state index in [1.54, 1.807) is 11.3 Å². The van der Waals surface area contributed by atoms with Gasteiger partial charge in [0.05, 0.1) is 15.7 Å². The average molecular weight is 175 g/mol. The highest BCUT2D eigenvalue weighted by atomic mass is 32.1. The van der Waals surface area contributed by atoms with E-state index in [9.17, 15) is 0 Å². The van der Waals surface area contributed by atoms with Crippen LogP contribution >= 0.6 is 11.3 Å². The molecular formula is C10H9NS. The summed E-state index contributed by atoms with van der Waals surface area (Å²) in [6.45, 7) is 2.03. The SMILES string of the molecule is C/C=C/c1cccc2ncsc12. The van der Waals surface area contributed by atoms with Crippen LogP contribution in [0.2, 0.25) is 0 Å². The number of rotatable bonds is 1. The molecule has 0 saturated heterocycles. The van der Waals surface area contributed by atoms with Crippen LogP contribution in [0.4, 0.5) is 0 Å². The monoisotopic (exact) mass is 175 g/mol. The topological polar surface area (TPSA) is 12.9 Å². The van der Waals surface area contributed by atoms with Gasteiger partial charge in [0.25, 0.3) is 0 Å². The molecule has 0 saturated carbocycles. The molecule has 0 N–H and O–H groups in total. The summed E-state index contributed by atoms with van der Waals surface area (Å²) in [5.74, 6) is 0. The Morgan fingerprint density at radius 1 is 1.42 bits per heavy atom. The van der Waals surface area contributed by atoms with Gasteiger partial charge in [-0.2, -0.15) is 0 Å². The summed E-state index contributed by atoms with van der Waals surface area (Å²) in [5, 5.41) is 0. The summed E-state index contributed by atoms with van der Waals surface area (Å²) < 4.78 is 1.27. The number of nitrogens with zero attached hydrogens (tertiary/aromatic N) is 1. The average Bonchev–Trinajstić information content (AvgIpc) is 2.53. The molecule has 2 aromatic rings. The summed E-state index contributed by atoms with van der Waals surface area (Å²) in [6, 6.07) is 6.19. The Morgan fingerprint density at radius 2 is 2.33 bits per heavy atom. The lowest BCUT2D eigenvalue weighted by Gasteiger charge is -1.92. The Hall–Kier alpha value is -1.15. The molecule has 0 bridgehead atoms. The van der Waals surface area contributed by atoms with Gasteiger partial charge >= 0.3 is 0 Å². The molecule has 2 rings (SSSR count). The summed E-state index contributed by atoms with van der Waals surface area (Å²) in [4.78, 5) is 4.25. The third-order valence-electron chi connectivity index (χ3n) is 1.73. The lowest BCUT2D eigenvalue weighted by atomic mass is 10.2. The predicted octanol–water partition coefficient (Wildman–Crippen LogP) is 3.33. The van der Waals surface area contributed by atoms with E-state index in [-0.39, 0.29) is 0 Å². The highest BCUT2D eigenvalue weighted by Gasteiger charge is 1.98. The zero-order chi connectivity index (χ0) is 8.39. The van der Waals surface area contributed by atoms with E-state index in [1.165, 1.54) is 10.3 Å². The number of benzene rings is 1. The maximum absolute atomic E-state index is 4.25. The number of thiazole rings is 1.